The summed E-state index contributed by atoms with van der Waals surface area (Å²) < 4.78 is 2.70. The van der Waals surface area contributed by atoms with Crippen LogP contribution < -0.4 is 0 Å². The normalized spacial score (nSPS) is 13.2. The highest BCUT2D eigenvalue weighted by Gasteiger charge is 2.19. The van der Waals surface area contributed by atoms with Crippen molar-refractivity contribution in [2.45, 2.75) is 12.6 Å². The second-order valence-electron chi connectivity index (χ2n) is 4.36. The van der Waals surface area contributed by atoms with Crippen molar-refractivity contribution in [3.63, 3.8) is 0 Å². The third kappa shape index (κ3) is 3.00. The summed E-state index contributed by atoms with van der Waals surface area (Å²) in [6, 6.07) is 1.94. The molecule has 98 valence electrons. The maximum absolute atomic E-state index is 10.4. The summed E-state index contributed by atoms with van der Waals surface area (Å²) in [6.45, 7) is 1.65. The van der Waals surface area contributed by atoms with E-state index in [1.807, 2.05) is 35.6 Å². The lowest BCUT2D eigenvalue weighted by molar-refractivity contribution is 0.205. The van der Waals surface area contributed by atoms with Crippen LogP contribution in [0.2, 0.25) is 0 Å². The highest BCUT2D eigenvalue weighted by Crippen LogP contribution is 2.29. The Morgan fingerprint density at radius 1 is 1.56 bits per heavy atom. The zero-order valence-corrected chi connectivity index (χ0v) is 12.8. The van der Waals surface area contributed by atoms with Gasteiger partial charge >= 0.3 is 0 Å². The summed E-state index contributed by atoms with van der Waals surface area (Å²) in [7, 11) is 4.04. The Bertz CT molecular complexity index is 495. The fraction of sp³-hybridized carbons (Fsp3) is 0.417. The van der Waals surface area contributed by atoms with E-state index < -0.39 is 6.10 Å². The number of aromatic nitrogens is 2. The van der Waals surface area contributed by atoms with Crippen molar-refractivity contribution in [2.24, 2.45) is 0 Å². The van der Waals surface area contributed by atoms with E-state index in [1.54, 1.807) is 17.5 Å². The Kier molecular flexibility index (Phi) is 4.55. The first-order chi connectivity index (χ1) is 8.59. The maximum atomic E-state index is 10.4. The van der Waals surface area contributed by atoms with Crippen molar-refractivity contribution >= 4 is 27.3 Å². The van der Waals surface area contributed by atoms with Crippen LogP contribution >= 0.6 is 27.3 Å². The molecular weight excluding hydrogens is 314 g/mol. The maximum Gasteiger partial charge on any atom is 0.123 e. The molecule has 0 aromatic carbocycles. The number of likely N-dealkylation sites (N-methyl/N-ethyl adjacent to an activating group) is 1. The molecule has 0 saturated carbocycles. The lowest BCUT2D eigenvalue weighted by Gasteiger charge is -2.15. The predicted octanol–water partition coefficient (Wildman–Crippen LogP) is 2.35. The first kappa shape index (κ1) is 13.7. The third-order valence-electron chi connectivity index (χ3n) is 2.71. The predicted molar refractivity (Wildman–Crippen MR) is 76.9 cm³/mol. The Hall–Kier alpha value is -0.690. The minimum Gasteiger partial charge on any atom is -0.382 e. The molecule has 0 bridgehead atoms. The summed E-state index contributed by atoms with van der Waals surface area (Å²) in [4.78, 5) is 2.09. The van der Waals surface area contributed by atoms with Gasteiger partial charge in [0.05, 0.1) is 22.9 Å². The Morgan fingerprint density at radius 2 is 2.33 bits per heavy atom. The summed E-state index contributed by atoms with van der Waals surface area (Å²) in [5.74, 6) is 0. The number of rotatable bonds is 5. The van der Waals surface area contributed by atoms with Crippen molar-refractivity contribution in [3.05, 3.63) is 38.8 Å². The smallest absolute Gasteiger partial charge is 0.123 e. The zero-order valence-electron chi connectivity index (χ0n) is 10.4. The number of aliphatic hydroxyl groups is 1. The van der Waals surface area contributed by atoms with Gasteiger partial charge in [0, 0.05) is 6.54 Å². The summed E-state index contributed by atoms with van der Waals surface area (Å²) >= 11 is 5.04. The molecule has 0 amide bonds. The average molecular weight is 330 g/mol. The van der Waals surface area contributed by atoms with E-state index in [9.17, 15) is 5.11 Å². The van der Waals surface area contributed by atoms with Gasteiger partial charge in [-0.25, -0.2) is 0 Å². The van der Waals surface area contributed by atoms with E-state index in [0.717, 1.165) is 28.8 Å². The van der Waals surface area contributed by atoms with Crippen LogP contribution in [0.4, 0.5) is 0 Å². The second-order valence-corrected chi connectivity index (χ2v) is 6.00. The molecule has 1 atom stereocenters. The molecule has 18 heavy (non-hydrogen) atoms. The SMILES string of the molecule is CN(C)CCn1ncc(Br)c1C(O)c1ccsc1. The monoisotopic (exact) mass is 329 g/mol. The Labute approximate surface area is 119 Å². The van der Waals surface area contributed by atoms with Crippen LogP contribution in [0.15, 0.2) is 27.5 Å². The minimum atomic E-state index is -0.629. The van der Waals surface area contributed by atoms with E-state index in [0.29, 0.717) is 0 Å². The van der Waals surface area contributed by atoms with Crippen LogP contribution in [0.5, 0.6) is 0 Å². The molecular formula is C12H16BrN3OS. The quantitative estimate of drug-likeness (QED) is 0.915. The molecule has 6 heteroatoms. The van der Waals surface area contributed by atoms with Gasteiger partial charge in [-0.3, -0.25) is 4.68 Å². The molecule has 2 heterocycles. The van der Waals surface area contributed by atoms with Crippen LogP contribution in [0.3, 0.4) is 0 Å². The van der Waals surface area contributed by atoms with Gasteiger partial charge in [0.1, 0.15) is 6.10 Å². The van der Waals surface area contributed by atoms with E-state index in [4.69, 9.17) is 0 Å². The number of hydrogen-bond donors (Lipinski definition) is 1. The Balaban J connectivity index is 2.23. The standard InChI is InChI=1S/C12H16BrN3OS/c1-15(2)4-5-16-11(10(13)7-14-16)12(17)9-3-6-18-8-9/h3,6-8,12,17H,4-5H2,1-2H3. The van der Waals surface area contributed by atoms with Gasteiger partial charge in [-0.15, -0.1) is 0 Å². The molecule has 2 rings (SSSR count). The van der Waals surface area contributed by atoms with Crippen LogP contribution in [-0.2, 0) is 6.54 Å². The molecule has 1 N–H and O–H groups in total. The molecule has 0 aliphatic carbocycles. The van der Waals surface area contributed by atoms with Crippen molar-refractivity contribution in [1.29, 1.82) is 0 Å². The highest BCUT2D eigenvalue weighted by atomic mass is 79.9. The van der Waals surface area contributed by atoms with Crippen LogP contribution in [-0.4, -0.2) is 40.4 Å². The van der Waals surface area contributed by atoms with E-state index >= 15 is 0 Å². The average Bonchev–Trinajstić information content (AvgIpc) is 2.94. The van der Waals surface area contributed by atoms with Gasteiger partial charge in [0.25, 0.3) is 0 Å². The topological polar surface area (TPSA) is 41.3 Å². The van der Waals surface area contributed by atoms with Gasteiger partial charge in [-0.2, -0.15) is 16.4 Å². The fourth-order valence-electron chi connectivity index (χ4n) is 1.71. The van der Waals surface area contributed by atoms with Gasteiger partial charge < -0.3 is 10.0 Å². The van der Waals surface area contributed by atoms with Crippen LogP contribution in [0.1, 0.15) is 17.4 Å². The molecule has 0 spiro atoms. The van der Waals surface area contributed by atoms with E-state index in [2.05, 4.69) is 25.9 Å². The molecule has 0 radical (unpaired) electrons. The van der Waals surface area contributed by atoms with Gasteiger partial charge in [0.15, 0.2) is 0 Å². The highest BCUT2D eigenvalue weighted by molar-refractivity contribution is 9.10. The molecule has 0 fully saturated rings. The van der Waals surface area contributed by atoms with Crippen LogP contribution in [0, 0.1) is 0 Å². The molecule has 0 aliphatic heterocycles. The van der Waals surface area contributed by atoms with Gasteiger partial charge in [-0.1, -0.05) is 0 Å². The van der Waals surface area contributed by atoms with Crippen molar-refractivity contribution in [3.8, 4) is 0 Å². The molecule has 1 unspecified atom stereocenters. The summed E-state index contributed by atoms with van der Waals surface area (Å²) in [6.07, 6.45) is 1.11. The van der Waals surface area contributed by atoms with Crippen molar-refractivity contribution in [2.75, 3.05) is 20.6 Å². The third-order valence-corrected chi connectivity index (χ3v) is 4.02. The number of nitrogens with zero attached hydrogens (tertiary/aromatic N) is 3. The fourth-order valence-corrected chi connectivity index (χ4v) is 2.90. The first-order valence-electron chi connectivity index (χ1n) is 5.65. The lowest BCUT2D eigenvalue weighted by Crippen LogP contribution is -2.21. The number of halogens is 1. The molecule has 0 aliphatic rings. The number of thiophene rings is 1. The lowest BCUT2D eigenvalue weighted by atomic mass is 10.1. The second kappa shape index (κ2) is 5.97. The summed E-state index contributed by atoms with van der Waals surface area (Å²) in [5, 5.41) is 18.6. The molecule has 0 saturated heterocycles. The van der Waals surface area contributed by atoms with E-state index in [1.165, 1.54) is 0 Å². The van der Waals surface area contributed by atoms with Crippen LogP contribution in [0.25, 0.3) is 0 Å². The Morgan fingerprint density at radius 3 is 2.94 bits per heavy atom. The summed E-state index contributed by atoms with van der Waals surface area (Å²) in [5.41, 5.74) is 1.72. The number of hydrogen-bond acceptors (Lipinski definition) is 4. The largest absolute Gasteiger partial charge is 0.382 e. The van der Waals surface area contributed by atoms with Crippen molar-refractivity contribution in [1.82, 2.24) is 14.7 Å². The zero-order chi connectivity index (χ0) is 13.1. The first-order valence-corrected chi connectivity index (χ1v) is 7.39. The molecule has 2 aromatic rings. The van der Waals surface area contributed by atoms with E-state index in [-0.39, 0.29) is 0 Å². The van der Waals surface area contributed by atoms with Gasteiger partial charge in [0.2, 0.25) is 0 Å². The number of aliphatic hydroxyl groups excluding tert-OH is 1. The van der Waals surface area contributed by atoms with Gasteiger partial charge in [-0.05, 0) is 52.4 Å². The minimum absolute atomic E-state index is 0.629. The molecule has 4 nitrogen and oxygen atoms in total. The molecule has 2 aromatic heterocycles. The van der Waals surface area contributed by atoms with Crippen molar-refractivity contribution < 1.29 is 5.11 Å².